The van der Waals surface area contributed by atoms with Crippen LogP contribution in [0, 0.1) is 0 Å². The minimum Gasteiger partial charge on any atom is -0.360 e. The molecule has 5 heteroatoms. The van der Waals surface area contributed by atoms with Crippen LogP contribution in [0.4, 0.5) is 18.9 Å². The molecule has 1 aromatic rings. The molecule has 2 N–H and O–H groups in total. The summed E-state index contributed by atoms with van der Waals surface area (Å²) in [5.41, 5.74) is 6.97. The van der Waals surface area contributed by atoms with Crippen molar-refractivity contribution in [3.8, 4) is 0 Å². The number of nitrogens with two attached hydrogens (primary N) is 1. The van der Waals surface area contributed by atoms with Crippen molar-refractivity contribution < 1.29 is 13.2 Å². The van der Waals surface area contributed by atoms with Crippen LogP contribution in [0.1, 0.15) is 19.4 Å². The molecular weight excluding hydrogens is 241 g/mol. The lowest BCUT2D eigenvalue weighted by Crippen LogP contribution is -2.39. The zero-order chi connectivity index (χ0) is 13.8. The molecule has 0 fully saturated rings. The first kappa shape index (κ1) is 14.8. The molecule has 1 rings (SSSR count). The summed E-state index contributed by atoms with van der Waals surface area (Å²) < 4.78 is 37.8. The van der Waals surface area contributed by atoms with E-state index in [1.165, 1.54) is 4.90 Å². The zero-order valence-electron chi connectivity index (χ0n) is 10.7. The third-order valence-electron chi connectivity index (χ3n) is 2.69. The number of anilines is 1. The maximum Gasteiger partial charge on any atom is 0.405 e. The second-order valence-electron chi connectivity index (χ2n) is 4.50. The third kappa shape index (κ3) is 4.22. The van der Waals surface area contributed by atoms with Gasteiger partial charge in [0.25, 0.3) is 0 Å². The Bertz CT molecular complexity index is 375. The van der Waals surface area contributed by atoms with Crippen LogP contribution in [0.3, 0.4) is 0 Å². The minimum atomic E-state index is -4.21. The van der Waals surface area contributed by atoms with Crippen LogP contribution < -0.4 is 10.6 Å². The molecule has 102 valence electrons. The van der Waals surface area contributed by atoms with E-state index >= 15 is 0 Å². The van der Waals surface area contributed by atoms with Gasteiger partial charge in [-0.05, 0) is 38.4 Å². The highest BCUT2D eigenvalue weighted by atomic mass is 19.4. The van der Waals surface area contributed by atoms with Crippen molar-refractivity contribution in [3.05, 3.63) is 29.8 Å². The Morgan fingerprint density at radius 3 is 2.33 bits per heavy atom. The quantitative estimate of drug-likeness (QED) is 0.882. The summed E-state index contributed by atoms with van der Waals surface area (Å²) in [5.74, 6) is 0. The first-order valence-corrected chi connectivity index (χ1v) is 5.96. The molecule has 1 aromatic carbocycles. The summed E-state index contributed by atoms with van der Waals surface area (Å²) in [7, 11) is 0. The van der Waals surface area contributed by atoms with Crippen LogP contribution in [-0.4, -0.2) is 25.3 Å². The van der Waals surface area contributed by atoms with Gasteiger partial charge in [-0.3, -0.25) is 0 Å². The highest BCUT2D eigenvalue weighted by Gasteiger charge is 2.32. The van der Waals surface area contributed by atoms with Crippen LogP contribution in [0.5, 0.6) is 0 Å². The molecule has 0 spiro atoms. The maximum absolute atomic E-state index is 12.6. The van der Waals surface area contributed by atoms with E-state index < -0.39 is 12.7 Å². The summed E-state index contributed by atoms with van der Waals surface area (Å²) in [6.07, 6.45) is -3.63. The Balaban J connectivity index is 3.05. The van der Waals surface area contributed by atoms with Crippen LogP contribution in [0.25, 0.3) is 0 Å². The highest BCUT2D eigenvalue weighted by molar-refractivity contribution is 5.54. The molecule has 0 atom stereocenters. The fraction of sp³-hybridized carbons (Fsp3) is 0.538. The molecule has 0 aliphatic carbocycles. The van der Waals surface area contributed by atoms with E-state index in [4.69, 9.17) is 5.73 Å². The van der Waals surface area contributed by atoms with E-state index in [-0.39, 0.29) is 6.04 Å². The van der Waals surface area contributed by atoms with Gasteiger partial charge in [-0.25, -0.2) is 0 Å². The lowest BCUT2D eigenvalue weighted by Gasteiger charge is -2.31. The normalized spacial score (nSPS) is 11.9. The molecule has 0 aliphatic rings. The van der Waals surface area contributed by atoms with Crippen LogP contribution >= 0.6 is 0 Å². The summed E-state index contributed by atoms with van der Waals surface area (Å²) in [6, 6.07) is 6.90. The van der Waals surface area contributed by atoms with E-state index in [0.717, 1.165) is 5.56 Å². The van der Waals surface area contributed by atoms with Crippen molar-refractivity contribution in [2.24, 2.45) is 5.73 Å². The number of alkyl halides is 3. The Morgan fingerprint density at radius 1 is 1.22 bits per heavy atom. The molecule has 0 unspecified atom stereocenters. The summed E-state index contributed by atoms with van der Waals surface area (Å²) >= 11 is 0. The van der Waals surface area contributed by atoms with Crippen molar-refractivity contribution in [3.63, 3.8) is 0 Å². The molecule has 0 amide bonds. The number of nitrogens with zero attached hydrogens (tertiary/aromatic N) is 1. The standard InChI is InChI=1S/C13H19F3N2/c1-10(2)18(9-13(14,15)16)12-6-4-3-5-11(12)7-8-17/h3-6,10H,7-9,17H2,1-2H3. The maximum atomic E-state index is 12.6. The largest absolute Gasteiger partial charge is 0.405 e. The first-order chi connectivity index (χ1) is 8.35. The lowest BCUT2D eigenvalue weighted by molar-refractivity contribution is -0.120. The molecule has 0 saturated heterocycles. The van der Waals surface area contributed by atoms with Gasteiger partial charge in [0.1, 0.15) is 6.54 Å². The van der Waals surface area contributed by atoms with Gasteiger partial charge in [-0.2, -0.15) is 13.2 Å². The average molecular weight is 260 g/mol. The Morgan fingerprint density at radius 2 is 1.83 bits per heavy atom. The van der Waals surface area contributed by atoms with E-state index in [0.29, 0.717) is 18.7 Å². The SMILES string of the molecule is CC(C)N(CC(F)(F)F)c1ccccc1CCN. The summed E-state index contributed by atoms with van der Waals surface area (Å²) in [4.78, 5) is 1.37. The monoisotopic (exact) mass is 260 g/mol. The van der Waals surface area contributed by atoms with Gasteiger partial charge < -0.3 is 10.6 Å². The van der Waals surface area contributed by atoms with Crippen molar-refractivity contribution in [1.29, 1.82) is 0 Å². The number of hydrogen-bond acceptors (Lipinski definition) is 2. The second kappa shape index (κ2) is 6.09. The Labute approximate surface area is 106 Å². The molecule has 2 nitrogen and oxygen atoms in total. The third-order valence-corrected chi connectivity index (χ3v) is 2.69. The second-order valence-corrected chi connectivity index (χ2v) is 4.50. The van der Waals surface area contributed by atoms with Crippen LogP contribution in [0.2, 0.25) is 0 Å². The number of benzene rings is 1. The number of hydrogen-bond donors (Lipinski definition) is 1. The number of para-hydroxylation sites is 1. The average Bonchev–Trinajstić information content (AvgIpc) is 2.26. The Kier molecular flexibility index (Phi) is 5.02. The van der Waals surface area contributed by atoms with Crippen molar-refractivity contribution in [2.45, 2.75) is 32.5 Å². The fourth-order valence-corrected chi connectivity index (χ4v) is 1.90. The molecule has 0 aliphatic heterocycles. The van der Waals surface area contributed by atoms with Crippen molar-refractivity contribution in [1.82, 2.24) is 0 Å². The molecule has 18 heavy (non-hydrogen) atoms. The first-order valence-electron chi connectivity index (χ1n) is 5.96. The van der Waals surface area contributed by atoms with Gasteiger partial charge in [0.2, 0.25) is 0 Å². The smallest absolute Gasteiger partial charge is 0.360 e. The lowest BCUT2D eigenvalue weighted by atomic mass is 10.1. The van der Waals surface area contributed by atoms with Gasteiger partial charge in [0.05, 0.1) is 0 Å². The van der Waals surface area contributed by atoms with Gasteiger partial charge in [-0.15, -0.1) is 0 Å². The summed E-state index contributed by atoms with van der Waals surface area (Å²) in [5, 5.41) is 0. The number of rotatable bonds is 5. The Hall–Kier alpha value is -1.23. The van der Waals surface area contributed by atoms with Crippen LogP contribution in [0.15, 0.2) is 24.3 Å². The van der Waals surface area contributed by atoms with Gasteiger partial charge in [0.15, 0.2) is 0 Å². The van der Waals surface area contributed by atoms with Crippen molar-refractivity contribution >= 4 is 5.69 Å². The zero-order valence-corrected chi connectivity index (χ0v) is 10.7. The predicted octanol–water partition coefficient (Wildman–Crippen LogP) is 2.96. The summed E-state index contributed by atoms with van der Waals surface area (Å²) in [6.45, 7) is 3.00. The molecular formula is C13H19F3N2. The molecule has 0 heterocycles. The molecule has 0 radical (unpaired) electrons. The number of halogens is 3. The van der Waals surface area contributed by atoms with E-state index in [9.17, 15) is 13.2 Å². The highest BCUT2D eigenvalue weighted by Crippen LogP contribution is 2.27. The molecule has 0 bridgehead atoms. The van der Waals surface area contributed by atoms with E-state index in [2.05, 4.69) is 0 Å². The van der Waals surface area contributed by atoms with Gasteiger partial charge >= 0.3 is 6.18 Å². The van der Waals surface area contributed by atoms with Gasteiger partial charge in [0, 0.05) is 11.7 Å². The van der Waals surface area contributed by atoms with E-state index in [1.54, 1.807) is 26.0 Å². The molecule has 0 saturated carbocycles. The van der Waals surface area contributed by atoms with Crippen molar-refractivity contribution in [2.75, 3.05) is 18.0 Å². The van der Waals surface area contributed by atoms with E-state index in [1.807, 2.05) is 12.1 Å². The molecule has 0 aromatic heterocycles. The predicted molar refractivity (Wildman–Crippen MR) is 67.7 cm³/mol. The fourth-order valence-electron chi connectivity index (χ4n) is 1.90. The topological polar surface area (TPSA) is 29.3 Å². The van der Waals surface area contributed by atoms with Gasteiger partial charge in [-0.1, -0.05) is 18.2 Å². The minimum absolute atomic E-state index is 0.217. The van der Waals surface area contributed by atoms with Crippen LogP contribution in [-0.2, 0) is 6.42 Å².